The molecule has 0 aromatic carbocycles. The highest BCUT2D eigenvalue weighted by Gasteiger charge is 2.51. The molecule has 166 valence electrons. The van der Waals surface area contributed by atoms with E-state index >= 15 is 0 Å². The predicted molar refractivity (Wildman–Crippen MR) is 126 cm³/mol. The van der Waals surface area contributed by atoms with Crippen molar-refractivity contribution in [3.63, 3.8) is 0 Å². The lowest BCUT2D eigenvalue weighted by atomic mass is 9.68. The minimum absolute atomic E-state index is 0.0627. The number of hydrogen-bond acceptors (Lipinski definition) is 4. The molecule has 29 heavy (non-hydrogen) atoms. The largest absolute Gasteiger partial charge is 0.465 e. The topological polar surface area (TPSA) is 55.6 Å². The molecule has 7 atom stereocenters. The maximum Gasteiger partial charge on any atom is 0.310 e. The van der Waals surface area contributed by atoms with Gasteiger partial charge in [-0.25, -0.2) is 0 Å². The fourth-order valence-electron chi connectivity index (χ4n) is 6.73. The minimum atomic E-state index is 0.0627. The summed E-state index contributed by atoms with van der Waals surface area (Å²) in [6.45, 7) is 0.583. The second kappa shape index (κ2) is 9.91. The van der Waals surface area contributed by atoms with E-state index in [1.54, 1.807) is 0 Å². The Hall–Kier alpha value is 0.410. The Balaban J connectivity index is 1.35. The molecule has 2 heterocycles. The summed E-state index contributed by atoms with van der Waals surface area (Å²) in [6.07, 6.45) is 12.6. The van der Waals surface area contributed by atoms with E-state index in [1.165, 1.54) is 38.5 Å². The van der Waals surface area contributed by atoms with Crippen molar-refractivity contribution in [2.45, 2.75) is 98.1 Å². The molecule has 5 unspecified atom stereocenters. The lowest BCUT2D eigenvalue weighted by Crippen LogP contribution is -2.52. The lowest BCUT2D eigenvalue weighted by Gasteiger charge is -2.46. The van der Waals surface area contributed by atoms with Gasteiger partial charge in [0.05, 0.1) is 12.5 Å². The van der Waals surface area contributed by atoms with Crippen molar-refractivity contribution in [2.75, 3.05) is 13.7 Å². The zero-order chi connectivity index (χ0) is 20.5. The first-order valence-electron chi connectivity index (χ1n) is 11.9. The summed E-state index contributed by atoms with van der Waals surface area (Å²) in [5, 5.41) is 0.338. The molecule has 2 aliphatic carbocycles. The number of piperidine rings is 1. The van der Waals surface area contributed by atoms with Crippen LogP contribution in [0.5, 0.6) is 0 Å². The van der Waals surface area contributed by atoms with Crippen LogP contribution in [0.25, 0.3) is 0 Å². The molecule has 0 spiro atoms. The molecule has 0 amide bonds. The van der Waals surface area contributed by atoms with E-state index in [-0.39, 0.29) is 11.9 Å². The van der Waals surface area contributed by atoms with E-state index < -0.39 is 0 Å². The van der Waals surface area contributed by atoms with Gasteiger partial charge < -0.3 is 10.5 Å². The van der Waals surface area contributed by atoms with Crippen molar-refractivity contribution in [1.82, 2.24) is 4.90 Å². The molecule has 6 heteroatoms. The number of esters is 1. The number of fused-ring (bicyclic) bond motifs is 2. The molecule has 4 aliphatic rings. The van der Waals surface area contributed by atoms with Crippen LogP contribution < -0.4 is 5.73 Å². The molecule has 2 N–H and O–H groups in total. The third-order valence-electron chi connectivity index (χ3n) is 8.60. The molecule has 4 rings (SSSR count). The Morgan fingerprint density at radius 1 is 1.10 bits per heavy atom. The van der Waals surface area contributed by atoms with Gasteiger partial charge in [0.2, 0.25) is 0 Å². The Morgan fingerprint density at radius 3 is 2.59 bits per heavy atom. The number of rotatable bonds is 5. The van der Waals surface area contributed by atoms with E-state index in [4.69, 9.17) is 22.1 Å². The zero-order valence-electron chi connectivity index (χ0n) is 17.8. The number of alkyl halides is 2. The van der Waals surface area contributed by atoms with Crippen LogP contribution in [0, 0.1) is 23.7 Å². The van der Waals surface area contributed by atoms with Crippen LogP contribution >= 0.6 is 34.2 Å². The quantitative estimate of drug-likeness (QED) is 0.313. The normalized spacial score (nSPS) is 45.9. The number of ether oxygens (including phenoxy) is 1. The van der Waals surface area contributed by atoms with Crippen LogP contribution in [0.4, 0.5) is 0 Å². The van der Waals surface area contributed by atoms with Gasteiger partial charge in [0, 0.05) is 27.4 Å². The van der Waals surface area contributed by atoms with Crippen LogP contribution in [-0.4, -0.2) is 52.0 Å². The Morgan fingerprint density at radius 2 is 1.86 bits per heavy atom. The summed E-state index contributed by atoms with van der Waals surface area (Å²) in [7, 11) is 2.22. The van der Waals surface area contributed by atoms with Crippen LogP contribution in [0.3, 0.4) is 0 Å². The fourth-order valence-corrected chi connectivity index (χ4v) is 8.06. The van der Waals surface area contributed by atoms with Gasteiger partial charge in [-0.2, -0.15) is 0 Å². The summed E-state index contributed by atoms with van der Waals surface area (Å²) >= 11 is 8.86. The summed E-state index contributed by atoms with van der Waals surface area (Å²) in [6, 6.07) is 1.38. The van der Waals surface area contributed by atoms with Gasteiger partial charge in [0.15, 0.2) is 0 Å². The van der Waals surface area contributed by atoms with Crippen LogP contribution in [0.1, 0.15) is 70.6 Å². The van der Waals surface area contributed by atoms with E-state index in [0.717, 1.165) is 32.1 Å². The molecule has 2 saturated carbocycles. The van der Waals surface area contributed by atoms with Gasteiger partial charge >= 0.3 is 5.97 Å². The molecule has 2 bridgehead atoms. The van der Waals surface area contributed by atoms with Crippen molar-refractivity contribution < 1.29 is 9.53 Å². The van der Waals surface area contributed by atoms with Crippen molar-refractivity contribution in [1.29, 1.82) is 0 Å². The minimum Gasteiger partial charge on any atom is -0.465 e. The third-order valence-corrected chi connectivity index (χ3v) is 10.5. The number of nitrogens with zero attached hydrogens (tertiary/aromatic N) is 1. The Bertz CT molecular complexity index is 571. The highest BCUT2D eigenvalue weighted by molar-refractivity contribution is 14.1. The summed E-state index contributed by atoms with van der Waals surface area (Å²) in [5.41, 5.74) is 6.15. The maximum atomic E-state index is 13.3. The second-order valence-corrected chi connectivity index (χ2v) is 12.4. The van der Waals surface area contributed by atoms with Crippen molar-refractivity contribution in [2.24, 2.45) is 29.4 Å². The van der Waals surface area contributed by atoms with Crippen molar-refractivity contribution in [3.05, 3.63) is 0 Å². The number of carbonyl (C=O) groups excluding carboxylic acids is 1. The SMILES string of the molecule is CN1C2CC[C@@H]1C[C@H](C1CCC(Cl)CC1)C2C(=O)OCCC1CCC(N)C(I)C1. The summed E-state index contributed by atoms with van der Waals surface area (Å²) < 4.78 is 6.52. The summed E-state index contributed by atoms with van der Waals surface area (Å²) in [5.74, 6) is 1.95. The van der Waals surface area contributed by atoms with Gasteiger partial charge in [-0.1, -0.05) is 22.6 Å². The van der Waals surface area contributed by atoms with Crippen molar-refractivity contribution >= 4 is 40.2 Å². The van der Waals surface area contributed by atoms with Crippen LogP contribution in [0.15, 0.2) is 0 Å². The lowest BCUT2D eigenvalue weighted by molar-refractivity contribution is -0.157. The van der Waals surface area contributed by atoms with Crippen LogP contribution in [-0.2, 0) is 9.53 Å². The number of carbonyl (C=O) groups is 1. The van der Waals surface area contributed by atoms with Gasteiger partial charge in [0.1, 0.15) is 0 Å². The molecule has 0 radical (unpaired) electrons. The highest BCUT2D eigenvalue weighted by atomic mass is 127. The van der Waals surface area contributed by atoms with Crippen molar-refractivity contribution in [3.8, 4) is 0 Å². The average molecular weight is 537 g/mol. The van der Waals surface area contributed by atoms with Gasteiger partial charge in [-0.15, -0.1) is 11.6 Å². The molecule has 2 saturated heterocycles. The molecule has 0 aromatic heterocycles. The monoisotopic (exact) mass is 536 g/mol. The molecule has 4 nitrogen and oxygen atoms in total. The molecule has 0 aromatic rings. The maximum absolute atomic E-state index is 13.3. The average Bonchev–Trinajstić information content (AvgIpc) is 2.93. The van der Waals surface area contributed by atoms with E-state index in [0.29, 0.717) is 51.8 Å². The van der Waals surface area contributed by atoms with Crippen LogP contribution in [0.2, 0.25) is 0 Å². The molecular formula is C23H38ClIN2O2. The number of nitrogens with two attached hydrogens (primary N) is 1. The molecule has 4 fully saturated rings. The first-order chi connectivity index (χ1) is 13.9. The first kappa shape index (κ1) is 22.6. The highest BCUT2D eigenvalue weighted by Crippen LogP contribution is 2.48. The summed E-state index contributed by atoms with van der Waals surface area (Å²) in [4.78, 5) is 15.8. The van der Waals surface area contributed by atoms with E-state index in [9.17, 15) is 4.79 Å². The van der Waals surface area contributed by atoms with E-state index in [2.05, 4.69) is 34.5 Å². The number of halogens is 2. The van der Waals surface area contributed by atoms with Gasteiger partial charge in [-0.05, 0) is 95.4 Å². The van der Waals surface area contributed by atoms with Gasteiger partial charge in [-0.3, -0.25) is 9.69 Å². The molecule has 2 aliphatic heterocycles. The smallest absolute Gasteiger partial charge is 0.310 e. The fraction of sp³-hybridized carbons (Fsp3) is 0.957. The zero-order valence-corrected chi connectivity index (χ0v) is 20.7. The number of hydrogen-bond donors (Lipinski definition) is 1. The Kier molecular flexibility index (Phi) is 7.72. The second-order valence-electron chi connectivity index (χ2n) is 10.2. The Labute approximate surface area is 195 Å². The predicted octanol–water partition coefficient (Wildman–Crippen LogP) is 4.75. The third kappa shape index (κ3) is 5.09. The van der Waals surface area contributed by atoms with Gasteiger partial charge in [0.25, 0.3) is 0 Å². The first-order valence-corrected chi connectivity index (χ1v) is 13.5. The van der Waals surface area contributed by atoms with E-state index in [1.807, 2.05) is 0 Å². The standard InChI is InChI=1S/C23H38ClIN2O2/c1-27-17-7-9-21(27)22(18(13-17)15-3-5-16(24)6-4-15)23(28)29-11-10-14-2-8-20(26)19(25)12-14/h14-22H,2-13,26H2,1H3/t14?,15?,16?,17-,18-,19?,20?,21?,22?/m1/s1. The molecular weight excluding hydrogens is 499 g/mol.